The van der Waals surface area contributed by atoms with Gasteiger partial charge in [0.1, 0.15) is 11.6 Å². The summed E-state index contributed by atoms with van der Waals surface area (Å²) in [5, 5.41) is 3.35. The Morgan fingerprint density at radius 2 is 2.00 bits per heavy atom. The number of hydrogen-bond acceptors (Lipinski definition) is 2. The van der Waals surface area contributed by atoms with E-state index in [0.29, 0.717) is 21.5 Å². The highest BCUT2D eigenvalue weighted by atomic mass is 35.5. The summed E-state index contributed by atoms with van der Waals surface area (Å²) >= 11 is 11.8. The molecule has 1 N–H and O–H groups in total. The zero-order valence-electron chi connectivity index (χ0n) is 11.1. The smallest absolute Gasteiger partial charge is 0.265 e. The maximum atomic E-state index is 13.0. The number of anilines is 1. The van der Waals surface area contributed by atoms with Crippen LogP contribution in [0.25, 0.3) is 0 Å². The Kier molecular flexibility index (Phi) is 5.04. The summed E-state index contributed by atoms with van der Waals surface area (Å²) in [7, 11) is 0. The van der Waals surface area contributed by atoms with Gasteiger partial charge in [-0.15, -0.1) is 0 Å². The van der Waals surface area contributed by atoms with E-state index >= 15 is 0 Å². The quantitative estimate of drug-likeness (QED) is 0.895. The van der Waals surface area contributed by atoms with E-state index in [1.54, 1.807) is 25.1 Å². The molecule has 21 heavy (non-hydrogen) atoms. The number of carbonyl (C=O) groups is 1. The maximum absolute atomic E-state index is 13.0. The van der Waals surface area contributed by atoms with E-state index in [4.69, 9.17) is 27.9 Å². The Labute approximate surface area is 131 Å². The lowest BCUT2D eigenvalue weighted by Gasteiger charge is -2.15. The number of carbonyl (C=O) groups excluding carboxylic acids is 1. The number of rotatable bonds is 4. The highest BCUT2D eigenvalue weighted by Gasteiger charge is 2.16. The highest BCUT2D eigenvalue weighted by Crippen LogP contribution is 2.28. The summed E-state index contributed by atoms with van der Waals surface area (Å²) in [5.41, 5.74) is 0.359. The van der Waals surface area contributed by atoms with Crippen molar-refractivity contribution in [2.45, 2.75) is 13.0 Å². The average molecular weight is 328 g/mol. The van der Waals surface area contributed by atoms with Crippen molar-refractivity contribution in [2.24, 2.45) is 0 Å². The molecule has 110 valence electrons. The van der Waals surface area contributed by atoms with Crippen molar-refractivity contribution in [3.63, 3.8) is 0 Å². The van der Waals surface area contributed by atoms with Gasteiger partial charge in [-0.05, 0) is 43.3 Å². The number of benzene rings is 2. The fourth-order valence-corrected chi connectivity index (χ4v) is 2.08. The fraction of sp³-hybridized carbons (Fsp3) is 0.133. The second-order valence-corrected chi connectivity index (χ2v) is 5.18. The van der Waals surface area contributed by atoms with Crippen LogP contribution >= 0.6 is 23.2 Å². The van der Waals surface area contributed by atoms with Crippen LogP contribution in [0.15, 0.2) is 42.5 Å². The van der Waals surface area contributed by atoms with E-state index in [2.05, 4.69) is 5.32 Å². The molecule has 1 atom stereocenters. The van der Waals surface area contributed by atoms with Gasteiger partial charge in [0.2, 0.25) is 0 Å². The molecule has 6 heteroatoms. The van der Waals surface area contributed by atoms with Gasteiger partial charge in [-0.1, -0.05) is 29.3 Å². The van der Waals surface area contributed by atoms with Crippen LogP contribution in [0.5, 0.6) is 5.75 Å². The first kappa shape index (κ1) is 15.6. The third-order valence-corrected chi connectivity index (χ3v) is 3.19. The molecule has 0 aliphatic heterocycles. The van der Waals surface area contributed by atoms with Gasteiger partial charge < -0.3 is 10.1 Å². The third-order valence-electron chi connectivity index (χ3n) is 2.66. The van der Waals surface area contributed by atoms with Gasteiger partial charge in [0.05, 0.1) is 5.02 Å². The summed E-state index contributed by atoms with van der Waals surface area (Å²) in [6.45, 7) is 1.57. The van der Waals surface area contributed by atoms with E-state index < -0.39 is 17.8 Å². The van der Waals surface area contributed by atoms with Crippen LogP contribution in [-0.2, 0) is 4.79 Å². The van der Waals surface area contributed by atoms with E-state index in [9.17, 15) is 9.18 Å². The fourth-order valence-electron chi connectivity index (χ4n) is 1.62. The zero-order valence-corrected chi connectivity index (χ0v) is 12.6. The van der Waals surface area contributed by atoms with E-state index in [0.717, 1.165) is 0 Å². The molecule has 0 saturated carbocycles. The van der Waals surface area contributed by atoms with Crippen molar-refractivity contribution >= 4 is 34.8 Å². The Morgan fingerprint density at radius 1 is 1.24 bits per heavy atom. The molecule has 0 saturated heterocycles. The molecule has 0 radical (unpaired) electrons. The van der Waals surface area contributed by atoms with Gasteiger partial charge in [-0.25, -0.2) is 4.39 Å². The second kappa shape index (κ2) is 6.78. The van der Waals surface area contributed by atoms with Gasteiger partial charge in [-0.3, -0.25) is 4.79 Å². The Bertz CT molecular complexity index is 664. The number of hydrogen-bond donors (Lipinski definition) is 1. The van der Waals surface area contributed by atoms with Crippen molar-refractivity contribution in [1.29, 1.82) is 0 Å². The van der Waals surface area contributed by atoms with Crippen LogP contribution in [0, 0.1) is 5.82 Å². The molecular weight excluding hydrogens is 316 g/mol. The molecule has 0 fully saturated rings. The molecule has 0 spiro atoms. The first-order valence-electron chi connectivity index (χ1n) is 6.14. The van der Waals surface area contributed by atoms with Gasteiger partial charge in [0.25, 0.3) is 5.91 Å². The molecular formula is C15H12Cl2FNO2. The van der Waals surface area contributed by atoms with E-state index in [1.807, 2.05) is 0 Å². The first-order chi connectivity index (χ1) is 9.95. The van der Waals surface area contributed by atoms with Crippen molar-refractivity contribution in [2.75, 3.05) is 5.32 Å². The van der Waals surface area contributed by atoms with E-state index in [-0.39, 0.29) is 0 Å². The Hall–Kier alpha value is -1.78. The van der Waals surface area contributed by atoms with Crippen LogP contribution in [0.4, 0.5) is 10.1 Å². The van der Waals surface area contributed by atoms with Crippen molar-refractivity contribution in [3.05, 3.63) is 58.3 Å². The lowest BCUT2D eigenvalue weighted by atomic mass is 10.3. The van der Waals surface area contributed by atoms with Gasteiger partial charge in [-0.2, -0.15) is 0 Å². The highest BCUT2D eigenvalue weighted by molar-refractivity contribution is 6.35. The van der Waals surface area contributed by atoms with Gasteiger partial charge in [0, 0.05) is 10.7 Å². The molecule has 0 heterocycles. The van der Waals surface area contributed by atoms with Crippen LogP contribution in [0.3, 0.4) is 0 Å². The topological polar surface area (TPSA) is 38.3 Å². The molecule has 2 aromatic rings. The Balaban J connectivity index is 2.02. The monoisotopic (exact) mass is 327 g/mol. The van der Waals surface area contributed by atoms with Gasteiger partial charge >= 0.3 is 0 Å². The third kappa shape index (κ3) is 4.34. The number of nitrogens with one attached hydrogen (secondary N) is 1. The predicted molar refractivity (Wildman–Crippen MR) is 81.6 cm³/mol. The zero-order chi connectivity index (χ0) is 15.4. The molecule has 2 aromatic carbocycles. The largest absolute Gasteiger partial charge is 0.479 e. The van der Waals surface area contributed by atoms with Crippen LogP contribution < -0.4 is 10.1 Å². The SMILES string of the molecule is C[C@H](Oc1ccc(Cl)cc1Cl)C(=O)Nc1cccc(F)c1. The molecule has 2 rings (SSSR count). The minimum Gasteiger partial charge on any atom is -0.479 e. The van der Waals surface area contributed by atoms with Crippen molar-refractivity contribution in [3.8, 4) is 5.75 Å². The molecule has 0 aromatic heterocycles. The Morgan fingerprint density at radius 3 is 2.67 bits per heavy atom. The van der Waals surface area contributed by atoms with Crippen molar-refractivity contribution in [1.82, 2.24) is 0 Å². The summed E-state index contributed by atoms with van der Waals surface area (Å²) in [6.07, 6.45) is -0.799. The lowest BCUT2D eigenvalue weighted by Crippen LogP contribution is -2.30. The van der Waals surface area contributed by atoms with Gasteiger partial charge in [0.15, 0.2) is 6.10 Å². The summed E-state index contributed by atoms with van der Waals surface area (Å²) < 4.78 is 18.5. The number of amides is 1. The van der Waals surface area contributed by atoms with Crippen LogP contribution in [0.2, 0.25) is 10.0 Å². The standard InChI is InChI=1S/C15H12Cl2FNO2/c1-9(21-14-6-5-10(16)7-13(14)17)15(20)19-12-4-2-3-11(18)8-12/h2-9H,1H3,(H,19,20)/t9-/m0/s1. The molecule has 0 aliphatic rings. The first-order valence-corrected chi connectivity index (χ1v) is 6.89. The summed E-state index contributed by atoms with van der Waals surface area (Å²) in [5.74, 6) is -0.489. The number of ether oxygens (including phenoxy) is 1. The minimum atomic E-state index is -0.799. The number of halogens is 3. The molecule has 0 unspecified atom stereocenters. The maximum Gasteiger partial charge on any atom is 0.265 e. The normalized spacial score (nSPS) is 11.8. The lowest BCUT2D eigenvalue weighted by molar-refractivity contribution is -0.122. The predicted octanol–water partition coefficient (Wildman–Crippen LogP) is 4.54. The van der Waals surface area contributed by atoms with Crippen molar-refractivity contribution < 1.29 is 13.9 Å². The van der Waals surface area contributed by atoms with E-state index in [1.165, 1.54) is 24.3 Å². The van der Waals surface area contributed by atoms with Crippen LogP contribution in [0.1, 0.15) is 6.92 Å². The molecule has 0 aliphatic carbocycles. The molecule has 0 bridgehead atoms. The average Bonchev–Trinajstić information content (AvgIpc) is 2.41. The summed E-state index contributed by atoms with van der Waals surface area (Å²) in [4.78, 5) is 12.0. The molecule has 3 nitrogen and oxygen atoms in total. The van der Waals surface area contributed by atoms with Crippen LogP contribution in [-0.4, -0.2) is 12.0 Å². The molecule has 1 amide bonds. The summed E-state index contributed by atoms with van der Waals surface area (Å²) in [6, 6.07) is 10.3. The minimum absolute atomic E-state index is 0.313. The second-order valence-electron chi connectivity index (χ2n) is 4.33.